The first-order valence-electron chi connectivity index (χ1n) is 10.4. The molecule has 1 N–H and O–H groups in total. The van der Waals surface area contributed by atoms with Crippen molar-refractivity contribution >= 4 is 22.8 Å². The van der Waals surface area contributed by atoms with Crippen LogP contribution in [0, 0.1) is 6.92 Å². The lowest BCUT2D eigenvalue weighted by Gasteiger charge is -2.09. The van der Waals surface area contributed by atoms with Gasteiger partial charge in [0.05, 0.1) is 29.4 Å². The Morgan fingerprint density at radius 2 is 1.79 bits per heavy atom. The van der Waals surface area contributed by atoms with E-state index >= 15 is 0 Å². The van der Waals surface area contributed by atoms with Gasteiger partial charge in [-0.05, 0) is 25.1 Å². The van der Waals surface area contributed by atoms with Gasteiger partial charge in [-0.2, -0.15) is 5.10 Å². The summed E-state index contributed by atoms with van der Waals surface area (Å²) in [4.78, 5) is 18.1. The molecule has 0 aliphatic heterocycles. The largest absolute Gasteiger partial charge is 0.497 e. The van der Waals surface area contributed by atoms with Gasteiger partial charge in [-0.25, -0.2) is 4.98 Å². The molecule has 0 atom stereocenters. The van der Waals surface area contributed by atoms with Crippen LogP contribution in [0.1, 0.15) is 16.1 Å². The number of hydrogen-bond donors (Lipinski definition) is 1. The van der Waals surface area contributed by atoms with Crippen molar-refractivity contribution < 1.29 is 14.1 Å². The molecule has 8 nitrogen and oxygen atoms in total. The lowest BCUT2D eigenvalue weighted by molar-refractivity contribution is 0.102. The van der Waals surface area contributed by atoms with Crippen molar-refractivity contribution in [1.82, 2.24) is 19.9 Å². The highest BCUT2D eigenvalue weighted by Gasteiger charge is 2.21. The maximum atomic E-state index is 13.4. The van der Waals surface area contributed by atoms with Crippen LogP contribution >= 0.6 is 0 Å². The van der Waals surface area contributed by atoms with Crippen molar-refractivity contribution in [3.8, 4) is 28.3 Å². The van der Waals surface area contributed by atoms with Gasteiger partial charge in [0.25, 0.3) is 5.91 Å². The van der Waals surface area contributed by atoms with Crippen molar-refractivity contribution in [3.05, 3.63) is 78.0 Å². The molecule has 0 saturated carbocycles. The van der Waals surface area contributed by atoms with Crippen molar-refractivity contribution in [2.75, 3.05) is 12.4 Å². The number of aryl methyl sites for hydroxylation is 2. The number of aromatic nitrogens is 4. The summed E-state index contributed by atoms with van der Waals surface area (Å²) in [7, 11) is 3.42. The minimum absolute atomic E-state index is 0.258. The van der Waals surface area contributed by atoms with Crippen LogP contribution in [0.3, 0.4) is 0 Å². The normalized spacial score (nSPS) is 11.0. The summed E-state index contributed by atoms with van der Waals surface area (Å²) in [6, 6.07) is 20.6. The smallest absolute Gasteiger partial charge is 0.258 e. The number of nitrogens with one attached hydrogen (secondary N) is 1. The summed E-state index contributed by atoms with van der Waals surface area (Å²) in [5, 5.41) is 12.0. The van der Waals surface area contributed by atoms with Crippen LogP contribution in [0.4, 0.5) is 5.88 Å². The van der Waals surface area contributed by atoms with Crippen molar-refractivity contribution in [3.63, 3.8) is 0 Å². The molecule has 5 aromatic rings. The number of carbonyl (C=O) groups excluding carboxylic acids is 1. The number of nitrogens with zero attached hydrogens (tertiary/aromatic N) is 4. The van der Waals surface area contributed by atoms with E-state index < -0.39 is 0 Å². The van der Waals surface area contributed by atoms with Gasteiger partial charge in [-0.1, -0.05) is 47.6 Å². The minimum Gasteiger partial charge on any atom is -0.497 e. The number of hydrogen-bond acceptors (Lipinski definition) is 6. The second kappa shape index (κ2) is 8.23. The van der Waals surface area contributed by atoms with Crippen molar-refractivity contribution in [2.24, 2.45) is 7.05 Å². The zero-order valence-corrected chi connectivity index (χ0v) is 18.4. The van der Waals surface area contributed by atoms with Crippen LogP contribution < -0.4 is 10.1 Å². The molecular formula is C25H21N5O3. The molecule has 0 aliphatic rings. The summed E-state index contributed by atoms with van der Waals surface area (Å²) in [5.41, 5.74) is 4.77. The minimum atomic E-state index is -0.335. The number of anilines is 1. The summed E-state index contributed by atoms with van der Waals surface area (Å²) < 4.78 is 12.4. The van der Waals surface area contributed by atoms with E-state index in [0.29, 0.717) is 39.4 Å². The molecule has 2 aromatic carbocycles. The van der Waals surface area contributed by atoms with E-state index in [2.05, 4.69) is 15.6 Å². The number of carbonyl (C=O) groups is 1. The first-order chi connectivity index (χ1) is 16.0. The highest BCUT2D eigenvalue weighted by Crippen LogP contribution is 2.29. The average molecular weight is 439 g/mol. The lowest BCUT2D eigenvalue weighted by Crippen LogP contribution is -2.13. The van der Waals surface area contributed by atoms with Crippen LogP contribution in [0.25, 0.3) is 33.5 Å². The predicted molar refractivity (Wildman–Crippen MR) is 125 cm³/mol. The Bertz CT molecular complexity index is 1470. The number of benzene rings is 2. The molecule has 0 radical (unpaired) electrons. The van der Waals surface area contributed by atoms with Crippen LogP contribution in [0.15, 0.2) is 71.3 Å². The summed E-state index contributed by atoms with van der Waals surface area (Å²) in [6.45, 7) is 1.86. The quantitative estimate of drug-likeness (QED) is 0.420. The highest BCUT2D eigenvalue weighted by molar-refractivity contribution is 6.13. The van der Waals surface area contributed by atoms with Crippen molar-refractivity contribution in [2.45, 2.75) is 6.92 Å². The molecule has 0 bridgehead atoms. The Morgan fingerprint density at radius 3 is 2.58 bits per heavy atom. The number of amides is 1. The van der Waals surface area contributed by atoms with E-state index in [0.717, 1.165) is 11.1 Å². The van der Waals surface area contributed by atoms with E-state index in [9.17, 15) is 4.79 Å². The topological polar surface area (TPSA) is 95.1 Å². The number of fused-ring (bicyclic) bond motifs is 1. The number of rotatable bonds is 5. The number of pyridine rings is 1. The Balaban J connectivity index is 1.55. The van der Waals surface area contributed by atoms with Crippen LogP contribution in [0.2, 0.25) is 0 Å². The summed E-state index contributed by atoms with van der Waals surface area (Å²) in [5.74, 6) is 0.628. The zero-order valence-electron chi connectivity index (χ0n) is 18.4. The third-order valence-corrected chi connectivity index (χ3v) is 5.40. The standard InChI is InChI=1S/C25H21N5O3/c1-15-23-19(25(31)27-22-14-21(29-33-22)16-8-5-4-6-9-16)13-20(26-24(23)30(2)28-15)17-10-7-11-18(12-17)32-3/h4-14H,1-3H3,(H,27,31). The van der Waals surface area contributed by atoms with Crippen LogP contribution in [0.5, 0.6) is 5.75 Å². The molecule has 0 spiro atoms. The molecule has 33 heavy (non-hydrogen) atoms. The maximum absolute atomic E-state index is 13.4. The van der Waals surface area contributed by atoms with Gasteiger partial charge in [0, 0.05) is 24.2 Å². The number of methoxy groups -OCH3 is 1. The maximum Gasteiger partial charge on any atom is 0.258 e. The molecule has 0 saturated heterocycles. The fraction of sp³-hybridized carbons (Fsp3) is 0.120. The SMILES string of the molecule is COc1cccc(-c2cc(C(=O)Nc3cc(-c4ccccc4)no3)c3c(C)nn(C)c3n2)c1. The Morgan fingerprint density at radius 1 is 1.00 bits per heavy atom. The molecule has 8 heteroatoms. The van der Waals surface area contributed by atoms with E-state index in [-0.39, 0.29) is 11.8 Å². The van der Waals surface area contributed by atoms with E-state index in [1.165, 1.54) is 0 Å². The second-order valence-electron chi connectivity index (χ2n) is 7.59. The van der Waals surface area contributed by atoms with Crippen LogP contribution in [-0.4, -0.2) is 32.9 Å². The molecule has 3 heterocycles. The third-order valence-electron chi connectivity index (χ3n) is 5.40. The fourth-order valence-corrected chi connectivity index (χ4v) is 3.81. The molecule has 0 aliphatic carbocycles. The third kappa shape index (κ3) is 3.82. The van der Waals surface area contributed by atoms with Crippen molar-refractivity contribution in [1.29, 1.82) is 0 Å². The van der Waals surface area contributed by atoms with Crippen LogP contribution in [-0.2, 0) is 7.05 Å². The Kier molecular flexibility index (Phi) is 5.10. The van der Waals surface area contributed by atoms with Gasteiger partial charge in [-0.15, -0.1) is 0 Å². The van der Waals surface area contributed by atoms with Gasteiger partial charge in [0.1, 0.15) is 11.4 Å². The highest BCUT2D eigenvalue weighted by atomic mass is 16.5. The summed E-state index contributed by atoms with van der Waals surface area (Å²) >= 11 is 0. The van der Waals surface area contributed by atoms with Gasteiger partial charge in [-0.3, -0.25) is 14.8 Å². The monoisotopic (exact) mass is 439 g/mol. The van der Waals surface area contributed by atoms with E-state index in [4.69, 9.17) is 14.2 Å². The van der Waals surface area contributed by atoms with E-state index in [1.807, 2.05) is 68.6 Å². The molecule has 1 amide bonds. The average Bonchev–Trinajstić information content (AvgIpc) is 3.43. The van der Waals surface area contributed by atoms with E-state index in [1.54, 1.807) is 23.9 Å². The molecule has 3 aromatic heterocycles. The lowest BCUT2D eigenvalue weighted by atomic mass is 10.0. The van der Waals surface area contributed by atoms with Gasteiger partial charge < -0.3 is 9.26 Å². The Hall–Kier alpha value is -4.46. The molecular weight excluding hydrogens is 418 g/mol. The van der Waals surface area contributed by atoms with Gasteiger partial charge in [0.15, 0.2) is 5.65 Å². The Labute approximate surface area is 189 Å². The molecule has 5 rings (SSSR count). The number of ether oxygens (including phenoxy) is 1. The summed E-state index contributed by atoms with van der Waals surface area (Å²) in [6.07, 6.45) is 0. The first-order valence-corrected chi connectivity index (χ1v) is 10.4. The zero-order chi connectivity index (χ0) is 22.9. The van der Waals surface area contributed by atoms with Gasteiger partial charge >= 0.3 is 0 Å². The fourth-order valence-electron chi connectivity index (χ4n) is 3.81. The van der Waals surface area contributed by atoms with Gasteiger partial charge in [0.2, 0.25) is 5.88 Å². The molecule has 0 fully saturated rings. The predicted octanol–water partition coefficient (Wildman–Crippen LogP) is 4.86. The molecule has 164 valence electrons. The molecule has 0 unspecified atom stereocenters. The first kappa shape index (κ1) is 20.4. The second-order valence-corrected chi connectivity index (χ2v) is 7.59.